The number of ether oxygens (including phenoxy) is 2. The van der Waals surface area contributed by atoms with Gasteiger partial charge in [0.15, 0.2) is 12.6 Å². The van der Waals surface area contributed by atoms with Crippen LogP contribution in [0.3, 0.4) is 0 Å². The highest BCUT2D eigenvalue weighted by Crippen LogP contribution is 2.27. The number of hydrogen-bond acceptors (Lipinski definition) is 8. The van der Waals surface area contributed by atoms with Gasteiger partial charge >= 0.3 is 7.12 Å². The van der Waals surface area contributed by atoms with Gasteiger partial charge in [0.2, 0.25) is 0 Å². The van der Waals surface area contributed by atoms with Crippen LogP contribution in [0.2, 0.25) is 0 Å². The summed E-state index contributed by atoms with van der Waals surface area (Å²) in [6.45, 7) is 0. The molecule has 10 heteroatoms. The van der Waals surface area contributed by atoms with Gasteiger partial charge in [-0.2, -0.15) is 0 Å². The highest BCUT2D eigenvalue weighted by atomic mass is 79.9. The number of carbonyl (C=O) groups excluding carboxylic acids is 2. The average Bonchev–Trinajstić information content (AvgIpc) is 2.95. The highest BCUT2D eigenvalue weighted by molar-refractivity contribution is 9.10. The standard InChI is InChI=1S/C14H12O3.C7H9BO3.C7H5BrO2/c1-17-13-4-2-3-10(8-13)11-5-6-14(16)12(7-11)9-15;1-11-7-4-2-3-6(5-7)8(9)10;8-6-1-2-7(10)5(3-6)4-9/h2-9,16H,1H3;2-5,9-10H,1H3;1-4,10H. The second kappa shape index (κ2) is 15.2. The van der Waals surface area contributed by atoms with E-state index >= 15 is 0 Å². The van der Waals surface area contributed by atoms with Crippen molar-refractivity contribution >= 4 is 41.1 Å². The number of carbonyl (C=O) groups is 2. The van der Waals surface area contributed by atoms with Crippen molar-refractivity contribution < 1.29 is 39.3 Å². The van der Waals surface area contributed by atoms with E-state index in [1.807, 2.05) is 24.3 Å². The van der Waals surface area contributed by atoms with Crippen molar-refractivity contribution in [3.8, 4) is 34.1 Å². The van der Waals surface area contributed by atoms with Crippen molar-refractivity contribution in [2.24, 2.45) is 0 Å². The van der Waals surface area contributed by atoms with Gasteiger partial charge in [0.25, 0.3) is 0 Å². The molecule has 0 saturated heterocycles. The number of hydrogen-bond donors (Lipinski definition) is 4. The molecule has 0 radical (unpaired) electrons. The number of aromatic hydroxyl groups is 2. The Morgan fingerprint density at radius 2 is 1.21 bits per heavy atom. The molecule has 0 aliphatic heterocycles. The van der Waals surface area contributed by atoms with E-state index in [1.165, 1.54) is 19.2 Å². The van der Waals surface area contributed by atoms with Gasteiger partial charge in [0.1, 0.15) is 23.0 Å². The monoisotopic (exact) mass is 580 g/mol. The molecule has 0 bridgehead atoms. The molecule has 38 heavy (non-hydrogen) atoms. The SMILES string of the molecule is COc1cccc(-c2ccc(O)c(C=O)c2)c1.COc1cccc(B(O)O)c1.O=Cc1cc(Br)ccc1O. The molecular formula is C28H26BBrO8. The molecule has 4 aromatic rings. The van der Waals surface area contributed by atoms with Crippen molar-refractivity contribution in [3.63, 3.8) is 0 Å². The Balaban J connectivity index is 0.000000211. The summed E-state index contributed by atoms with van der Waals surface area (Å²) in [6.07, 6.45) is 1.25. The maximum atomic E-state index is 10.7. The molecule has 0 heterocycles. The lowest BCUT2D eigenvalue weighted by molar-refractivity contribution is 0.111. The van der Waals surface area contributed by atoms with Gasteiger partial charge < -0.3 is 29.7 Å². The molecule has 4 aromatic carbocycles. The van der Waals surface area contributed by atoms with E-state index in [-0.39, 0.29) is 17.1 Å². The fourth-order valence-corrected chi connectivity index (χ4v) is 3.43. The van der Waals surface area contributed by atoms with Crippen molar-refractivity contribution in [1.82, 2.24) is 0 Å². The van der Waals surface area contributed by atoms with Crippen LogP contribution >= 0.6 is 15.9 Å². The molecule has 196 valence electrons. The predicted octanol–water partition coefficient (Wildman–Crippen LogP) is 4.22. The van der Waals surface area contributed by atoms with Crippen molar-refractivity contribution in [3.05, 3.63) is 101 Å². The number of methoxy groups -OCH3 is 2. The molecule has 8 nitrogen and oxygen atoms in total. The second-order valence-corrected chi connectivity index (χ2v) is 8.51. The number of phenolic OH excluding ortho intramolecular Hbond substituents is 2. The molecule has 0 spiro atoms. The molecular weight excluding hydrogens is 555 g/mol. The molecule has 0 aliphatic rings. The zero-order valence-corrected chi connectivity index (χ0v) is 22.2. The molecule has 0 atom stereocenters. The van der Waals surface area contributed by atoms with Crippen molar-refractivity contribution in [2.75, 3.05) is 14.2 Å². The lowest BCUT2D eigenvalue weighted by Crippen LogP contribution is -2.29. The van der Waals surface area contributed by atoms with Crippen LogP contribution in [0.1, 0.15) is 20.7 Å². The zero-order valence-electron chi connectivity index (χ0n) is 20.6. The molecule has 0 fully saturated rings. The molecule has 0 amide bonds. The van der Waals surface area contributed by atoms with Crippen LogP contribution in [0.4, 0.5) is 0 Å². The van der Waals surface area contributed by atoms with Gasteiger partial charge in [0.05, 0.1) is 25.3 Å². The molecule has 0 aromatic heterocycles. The summed E-state index contributed by atoms with van der Waals surface area (Å²) in [5.41, 5.74) is 2.82. The Morgan fingerprint density at radius 3 is 1.76 bits per heavy atom. The van der Waals surface area contributed by atoms with Crippen LogP contribution in [0, 0.1) is 0 Å². The van der Waals surface area contributed by atoms with Crippen LogP contribution in [-0.4, -0.2) is 54.2 Å². The Hall–Kier alpha value is -4.12. The topological polar surface area (TPSA) is 134 Å². The van der Waals surface area contributed by atoms with E-state index in [4.69, 9.17) is 24.6 Å². The van der Waals surface area contributed by atoms with Crippen LogP contribution < -0.4 is 14.9 Å². The minimum atomic E-state index is -1.43. The Bertz CT molecular complexity index is 1360. The first-order valence-corrected chi connectivity index (χ1v) is 11.9. The largest absolute Gasteiger partial charge is 0.507 e. The van der Waals surface area contributed by atoms with Gasteiger partial charge in [-0.05, 0) is 71.2 Å². The molecule has 0 saturated carbocycles. The van der Waals surface area contributed by atoms with Gasteiger partial charge in [-0.1, -0.05) is 46.3 Å². The molecule has 4 N–H and O–H groups in total. The lowest BCUT2D eigenvalue weighted by atomic mass is 9.80. The number of aldehydes is 2. The van der Waals surface area contributed by atoms with Crippen molar-refractivity contribution in [1.29, 1.82) is 0 Å². The maximum absolute atomic E-state index is 10.7. The fourth-order valence-electron chi connectivity index (χ4n) is 3.05. The minimum absolute atomic E-state index is 0.00774. The van der Waals surface area contributed by atoms with Crippen LogP contribution in [0.5, 0.6) is 23.0 Å². The highest BCUT2D eigenvalue weighted by Gasteiger charge is 2.10. The van der Waals surface area contributed by atoms with E-state index in [0.29, 0.717) is 29.3 Å². The van der Waals surface area contributed by atoms with Gasteiger partial charge in [-0.3, -0.25) is 9.59 Å². The molecule has 4 rings (SSSR count). The van der Waals surface area contributed by atoms with Crippen LogP contribution in [-0.2, 0) is 0 Å². The quantitative estimate of drug-likeness (QED) is 0.197. The van der Waals surface area contributed by atoms with E-state index in [9.17, 15) is 14.7 Å². The summed E-state index contributed by atoms with van der Waals surface area (Å²) in [5.74, 6) is 1.38. The second-order valence-electron chi connectivity index (χ2n) is 7.59. The summed E-state index contributed by atoms with van der Waals surface area (Å²) in [6, 6.07) is 23.8. The minimum Gasteiger partial charge on any atom is -0.507 e. The fraction of sp³-hybridized carbons (Fsp3) is 0.0714. The molecule has 0 aliphatic carbocycles. The van der Waals surface area contributed by atoms with E-state index in [2.05, 4.69) is 15.9 Å². The lowest BCUT2D eigenvalue weighted by Gasteiger charge is -2.06. The zero-order chi connectivity index (χ0) is 28.1. The van der Waals surface area contributed by atoms with Crippen LogP contribution in [0.15, 0.2) is 89.4 Å². The summed E-state index contributed by atoms with van der Waals surface area (Å²) < 4.78 is 10.8. The summed E-state index contributed by atoms with van der Waals surface area (Å²) in [4.78, 5) is 20.9. The third kappa shape index (κ3) is 9.08. The number of phenols is 2. The Morgan fingerprint density at radius 1 is 0.684 bits per heavy atom. The van der Waals surface area contributed by atoms with Crippen molar-refractivity contribution in [2.45, 2.75) is 0 Å². The number of benzene rings is 4. The maximum Gasteiger partial charge on any atom is 0.488 e. The Kier molecular flexibility index (Phi) is 12.1. The first-order chi connectivity index (χ1) is 18.2. The van der Waals surface area contributed by atoms with Gasteiger partial charge in [-0.25, -0.2) is 0 Å². The van der Waals surface area contributed by atoms with Gasteiger partial charge in [-0.15, -0.1) is 0 Å². The normalized spacial score (nSPS) is 9.61. The summed E-state index contributed by atoms with van der Waals surface area (Å²) in [5, 5.41) is 35.9. The molecule has 0 unspecified atom stereocenters. The third-order valence-electron chi connectivity index (χ3n) is 5.07. The smallest absolute Gasteiger partial charge is 0.488 e. The number of halogens is 1. The van der Waals surface area contributed by atoms with E-state index in [0.717, 1.165) is 21.3 Å². The first-order valence-electron chi connectivity index (χ1n) is 11.1. The average molecular weight is 581 g/mol. The summed E-state index contributed by atoms with van der Waals surface area (Å²) >= 11 is 3.17. The van der Waals surface area contributed by atoms with Crippen LogP contribution in [0.25, 0.3) is 11.1 Å². The Labute approximate surface area is 229 Å². The first kappa shape index (κ1) is 30.1. The predicted molar refractivity (Wildman–Crippen MR) is 149 cm³/mol. The third-order valence-corrected chi connectivity index (χ3v) is 5.56. The van der Waals surface area contributed by atoms with E-state index < -0.39 is 7.12 Å². The van der Waals surface area contributed by atoms with E-state index in [1.54, 1.807) is 55.6 Å². The summed E-state index contributed by atoms with van der Waals surface area (Å²) in [7, 11) is 1.71. The van der Waals surface area contributed by atoms with Gasteiger partial charge in [0, 0.05) is 4.47 Å². The number of rotatable bonds is 6.